The van der Waals surface area contributed by atoms with Crippen LogP contribution in [0, 0.1) is 11.8 Å². The van der Waals surface area contributed by atoms with Crippen molar-refractivity contribution in [2.24, 2.45) is 28.3 Å². The van der Waals surface area contributed by atoms with Gasteiger partial charge in [-0.2, -0.15) is 0 Å². The van der Waals surface area contributed by atoms with E-state index in [9.17, 15) is 52.7 Å². The third kappa shape index (κ3) is 23.1. The van der Waals surface area contributed by atoms with Crippen LogP contribution in [0.15, 0.2) is 72.2 Å². The summed E-state index contributed by atoms with van der Waals surface area (Å²) >= 11 is 0. The van der Waals surface area contributed by atoms with Crippen LogP contribution in [0.3, 0.4) is 0 Å². The Morgan fingerprint density at radius 2 is 1.41 bits per heavy atom. The molecule has 30 nitrogen and oxygen atoms in total. The number of nitrogens with zero attached hydrogens (tertiary/aromatic N) is 3. The Balaban J connectivity index is 0.00000447. The molecule has 4 heterocycles. The summed E-state index contributed by atoms with van der Waals surface area (Å²) in [4.78, 5) is 166. The molecule has 0 bridgehead atoms. The van der Waals surface area contributed by atoms with E-state index in [4.69, 9.17) is 31.0 Å². The van der Waals surface area contributed by atoms with Gasteiger partial charge in [0.05, 0.1) is 14.3 Å². The Bertz CT molecular complexity index is 3600. The van der Waals surface area contributed by atoms with Crippen molar-refractivity contribution in [1.82, 2.24) is 67.7 Å². The number of likely N-dealkylation sites (N-methyl/N-ethyl adjacent to an activating group) is 1. The average molecular weight is 1280 g/mol. The molecule has 10 amide bonds. The summed E-state index contributed by atoms with van der Waals surface area (Å²) in [6.45, 7) is -3.69. The van der Waals surface area contributed by atoms with Crippen LogP contribution < -0.4 is 59.3 Å². The molecule has 0 aliphatic carbocycles. The van der Waals surface area contributed by atoms with Crippen molar-refractivity contribution in [1.29, 1.82) is 0 Å². The second-order valence-corrected chi connectivity index (χ2v) is 21.9. The highest BCUT2D eigenvalue weighted by molar-refractivity contribution is 5.99. The highest BCUT2D eigenvalue weighted by Crippen LogP contribution is 2.22. The van der Waals surface area contributed by atoms with Gasteiger partial charge in [-0.05, 0) is 93.0 Å². The van der Waals surface area contributed by atoms with E-state index >= 15 is 9.59 Å². The highest BCUT2D eigenvalue weighted by atomic mass is 16.4. The maximum absolute atomic E-state index is 15.2. The minimum atomic E-state index is -4.60. The van der Waals surface area contributed by atoms with E-state index in [2.05, 4.69) is 62.5 Å². The number of nitrogens with two attached hydrogens (primary N) is 2. The lowest BCUT2D eigenvalue weighted by Crippen LogP contribution is -2.61. The number of aliphatic carboxylic acids is 1. The Hall–Kier alpha value is -9.61. The number of hydrogen-bond acceptors (Lipinski definition) is 15. The fraction of sp³-hybridized carbons (Fsp3) is 0.525. The lowest BCUT2D eigenvalue weighted by molar-refractivity contribution is -0.142. The summed E-state index contributed by atoms with van der Waals surface area (Å²) in [5.41, 5.74) is 12.5. The number of likely N-dealkylation sites (tertiary alicyclic amines) is 1. The Morgan fingerprint density at radius 1 is 0.791 bits per heavy atom. The molecule has 18 N–H and O–H groups in total. The topological polar surface area (TPSA) is 469 Å². The molecule has 2 aromatic carbocycles. The van der Waals surface area contributed by atoms with Crippen molar-refractivity contribution in [3.8, 4) is 5.75 Å². The number of benzene rings is 2. The molecule has 2 aliphatic heterocycles. The van der Waals surface area contributed by atoms with Gasteiger partial charge in [-0.15, -0.1) is 0 Å². The molecule has 0 radical (unpaired) electrons. The molecule has 496 valence electrons. The average Bonchev–Trinajstić information content (AvgIpc) is 1.66. The van der Waals surface area contributed by atoms with Crippen LogP contribution in [0.2, 0.25) is 0 Å². The fourth-order valence-electron chi connectivity index (χ4n) is 9.97. The van der Waals surface area contributed by atoms with E-state index < -0.39 is 171 Å². The number of amides is 10. The first-order valence-electron chi connectivity index (χ1n) is 34.4. The summed E-state index contributed by atoms with van der Waals surface area (Å²) < 4.78 is 87.0. The summed E-state index contributed by atoms with van der Waals surface area (Å²) in [6.07, 6.45) is -1.39. The summed E-state index contributed by atoms with van der Waals surface area (Å²) in [5, 5.41) is 50.5. The summed E-state index contributed by atoms with van der Waals surface area (Å²) in [5.74, 6) is -17.5. The molecule has 2 aromatic heterocycles. The molecule has 9 atom stereocenters. The van der Waals surface area contributed by atoms with Gasteiger partial charge in [0.1, 0.15) is 60.1 Å². The van der Waals surface area contributed by atoms with Gasteiger partial charge in [0.25, 0.3) is 5.97 Å². The number of aliphatic hydroxyl groups is 1. The van der Waals surface area contributed by atoms with Gasteiger partial charge in [0.15, 0.2) is 5.96 Å². The number of phenolic OH excluding ortho intramolecular Hbond substituents is 1. The first kappa shape index (κ1) is 57.8. The number of carboxylic acid groups (broad SMARTS) is 1. The first-order chi connectivity index (χ1) is 47.2. The molecule has 4 aromatic rings. The van der Waals surface area contributed by atoms with E-state index in [0.29, 0.717) is 28.6 Å². The number of aliphatic imine (C=N–C) groups is 1. The third-order valence-corrected chi connectivity index (χ3v) is 14.3. The van der Waals surface area contributed by atoms with E-state index in [1.165, 1.54) is 29.6 Å². The van der Waals surface area contributed by atoms with Gasteiger partial charge in [0.2, 0.25) is 59.1 Å². The number of carbonyl (C=O) groups excluding carboxylic acids is 10. The predicted octanol–water partition coefficient (Wildman–Crippen LogP) is -1.35. The van der Waals surface area contributed by atoms with Crippen molar-refractivity contribution < 1.29 is 81.8 Å². The quantitative estimate of drug-likeness (QED) is 0.0153. The standard InChI is InChI=1S/C59H84N16O12.C2H4O2/c1-6-63-57(86)48-14-10-22-75(48)58(87)41(13-9-21-64-59(60)61)68-51(80)42(23-32(2)3)69-52(81)43(24-33(4)5)70-53(82)44(25-34-15-17-37(77)18-16-34)71-56(85)47(30-76)74-54(83)45(26-35-28-65-39-12-8-7-11-38(35)39)72-55(84)46(27-36-29-62-31-66-36)73-50(79)40-19-20-49(78)67-40;1-2(3)4/h7-8,11-12,15-18,28-29,31-33,40-48,65,76-77H,6,9-10,13-14,19-27,30H2,1-5H3,(H,62,66)(H,63,86)(H,67,78)(H,68,80)(H,69,81)(H,70,82)(H,71,85)(H,72,84)(H,73,79)(H,74,83)(H4,60,61,64);1H3,(H,3,4)/t40-,41-,42-,43+,44-,45-,46-,47-,48-;/m0./s1/i4D3,5D3,24D2,33D,43D;. The van der Waals surface area contributed by atoms with Gasteiger partial charge in [-0.25, -0.2) is 4.98 Å². The van der Waals surface area contributed by atoms with Gasteiger partial charge in [0, 0.05) is 93.6 Å². The molecule has 0 unspecified atom stereocenters. The van der Waals surface area contributed by atoms with Gasteiger partial charge in [-0.1, -0.05) is 57.9 Å². The Labute approximate surface area is 540 Å². The maximum atomic E-state index is 15.2. The summed E-state index contributed by atoms with van der Waals surface area (Å²) in [7, 11) is 0. The van der Waals surface area contributed by atoms with Crippen LogP contribution in [0.1, 0.15) is 123 Å². The molecule has 2 aliphatic rings. The van der Waals surface area contributed by atoms with Crippen LogP contribution in [0.4, 0.5) is 0 Å². The number of nitrogens with one attached hydrogen (secondary N) is 11. The van der Waals surface area contributed by atoms with E-state index in [-0.39, 0.29) is 81.9 Å². The number of aromatic hydroxyl groups is 1. The number of fused-ring (bicyclic) bond motifs is 1. The number of para-hydroxylation sites is 1. The molecular formula is C61H88N16O14. The number of aromatic amines is 2. The number of phenols is 1. The number of H-pyrrole nitrogens is 2. The number of aliphatic hydroxyl groups excluding tert-OH is 1. The minimum absolute atomic E-state index is 0.0404. The van der Waals surface area contributed by atoms with E-state index in [0.717, 1.165) is 19.1 Å². The molecule has 0 spiro atoms. The zero-order valence-electron chi connectivity index (χ0n) is 60.8. The molecule has 30 heteroatoms. The fourth-order valence-corrected chi connectivity index (χ4v) is 9.97. The van der Waals surface area contributed by atoms with Gasteiger partial charge < -0.3 is 89.5 Å². The maximum Gasteiger partial charge on any atom is 0.300 e. The molecule has 2 fully saturated rings. The lowest BCUT2D eigenvalue weighted by atomic mass is 9.98. The van der Waals surface area contributed by atoms with Crippen LogP contribution in [0.5, 0.6) is 5.75 Å². The van der Waals surface area contributed by atoms with Crippen molar-refractivity contribution in [3.63, 3.8) is 0 Å². The largest absolute Gasteiger partial charge is 0.508 e. The summed E-state index contributed by atoms with van der Waals surface area (Å²) in [6, 6.07) is -5.56. The van der Waals surface area contributed by atoms with Crippen LogP contribution in [-0.4, -0.2) is 187 Å². The van der Waals surface area contributed by atoms with Crippen LogP contribution in [0.25, 0.3) is 10.9 Å². The second-order valence-electron chi connectivity index (χ2n) is 21.9. The number of imidazole rings is 1. The predicted molar refractivity (Wildman–Crippen MR) is 333 cm³/mol. The van der Waals surface area contributed by atoms with Crippen molar-refractivity contribution in [3.05, 3.63) is 84.1 Å². The normalized spacial score (nSPS) is 19.2. The Kier molecular flexibility index (Phi) is 22.6. The first-order valence-corrected chi connectivity index (χ1v) is 29.4. The van der Waals surface area contributed by atoms with Crippen molar-refractivity contribution >= 4 is 81.9 Å². The third-order valence-electron chi connectivity index (χ3n) is 14.3. The minimum Gasteiger partial charge on any atom is -0.508 e. The van der Waals surface area contributed by atoms with Gasteiger partial charge in [-0.3, -0.25) is 57.7 Å². The number of rotatable bonds is 32. The van der Waals surface area contributed by atoms with Gasteiger partial charge >= 0.3 is 0 Å². The van der Waals surface area contributed by atoms with Crippen LogP contribution in [-0.2, 0) is 72.0 Å². The number of guanidine groups is 1. The number of aromatic nitrogens is 3. The lowest BCUT2D eigenvalue weighted by Gasteiger charge is -2.31. The number of carbonyl (C=O) groups is 11. The van der Waals surface area contributed by atoms with E-state index in [1.54, 1.807) is 56.6 Å². The van der Waals surface area contributed by atoms with Crippen LogP contribution >= 0.6 is 0 Å². The van der Waals surface area contributed by atoms with Crippen molar-refractivity contribution in [2.45, 2.75) is 166 Å². The molecule has 91 heavy (non-hydrogen) atoms. The zero-order chi connectivity index (χ0) is 75.5. The second kappa shape index (κ2) is 35.5. The highest BCUT2D eigenvalue weighted by Gasteiger charge is 2.40. The molecule has 0 saturated carbocycles. The number of carboxylic acids is 1. The van der Waals surface area contributed by atoms with E-state index in [1.807, 2.05) is 0 Å². The molecule has 6 rings (SSSR count). The SMILES string of the molecule is CC(=O)O.[2H]C([2H])([2H])C([2H])(C([2H])([2H])[2H])C([2H])([2H])[C@@]([2H])(NC(=O)[C@H](Cc1ccc(O)cc1)NC(=O)[C@H](CO)NC(=O)[C@H](Cc1c[nH]c2ccccc12)NC(=O)[C@H](Cc1cnc[nH]1)NC(=O)[C@@H]1CCC(=O)N1)C(=O)N[C@@H](CC(C)C)C(=O)N[C@@H](CCCN=C(N)N)C(=O)N1CCC[C@H]1C(=O)NCC. The molecular weight excluding hydrogens is 1180 g/mol. The number of hydrogen-bond donors (Lipinski definition) is 16. The monoisotopic (exact) mass is 1280 g/mol. The molecule has 2 saturated heterocycles. The van der Waals surface area contributed by atoms with Crippen molar-refractivity contribution in [2.75, 3.05) is 26.2 Å². The Morgan fingerprint density at radius 3 is 2.02 bits per heavy atom. The zero-order valence-corrected chi connectivity index (χ0v) is 50.8. The smallest absolute Gasteiger partial charge is 0.300 e.